The number of aryl methyl sites for hydroxylation is 1. The van der Waals surface area contributed by atoms with Crippen LogP contribution in [-0.4, -0.2) is 103 Å². The number of anilines is 3. The zero-order valence-electron chi connectivity index (χ0n) is 37.4. The Kier molecular flexibility index (Phi) is 13.5. The fraction of sp³-hybridized carbons (Fsp3) is 0.468. The zero-order chi connectivity index (χ0) is 46.1. The largest absolute Gasteiger partial charge is 0.504 e. The van der Waals surface area contributed by atoms with Crippen molar-refractivity contribution in [1.29, 1.82) is 0 Å². The third-order valence-electron chi connectivity index (χ3n) is 13.4. The second-order valence-corrected chi connectivity index (χ2v) is 19.0. The van der Waals surface area contributed by atoms with E-state index in [0.717, 1.165) is 86.2 Å². The topological polar surface area (TPSA) is 231 Å². The summed E-state index contributed by atoms with van der Waals surface area (Å²) < 4.78 is 21.8. The maximum atomic E-state index is 14.3. The van der Waals surface area contributed by atoms with Crippen LogP contribution >= 0.6 is 11.3 Å². The number of carbonyl (C=O) groups excluding carboxylic acids is 2. The molecule has 346 valence electrons. The van der Waals surface area contributed by atoms with Gasteiger partial charge < -0.3 is 52.0 Å². The fourth-order valence-electron chi connectivity index (χ4n) is 9.62. The summed E-state index contributed by atoms with van der Waals surface area (Å²) in [6, 6.07) is 13.0. The molecule has 9 N–H and O–H groups in total. The highest BCUT2D eigenvalue weighted by Crippen LogP contribution is 2.36. The minimum Gasteiger partial charge on any atom is -0.504 e. The first-order chi connectivity index (χ1) is 31.2. The number of carbonyl (C=O) groups is 2. The maximum Gasteiger partial charge on any atom is 0.243 e. The predicted octanol–water partition coefficient (Wildman–Crippen LogP) is 5.90. The molecule has 0 aliphatic carbocycles. The molecule has 3 fully saturated rings. The number of rotatable bonds is 13. The smallest absolute Gasteiger partial charge is 0.243 e. The molecule has 4 atom stereocenters. The lowest BCUT2D eigenvalue weighted by Gasteiger charge is -2.37. The number of β-amino-alcohol motifs (C(OH)–C–C–N with tert-alkyl or cyclic N) is 1. The number of hydrogen-bond donors (Lipinski definition) is 6. The number of piperidine rings is 2. The van der Waals surface area contributed by atoms with Crippen molar-refractivity contribution in [2.75, 3.05) is 55.6 Å². The van der Waals surface area contributed by atoms with Gasteiger partial charge in [-0.2, -0.15) is 5.10 Å². The molecule has 3 aromatic heterocycles. The number of aliphatic hydroxyl groups excluding tert-OH is 1. The summed E-state index contributed by atoms with van der Waals surface area (Å²) in [5.41, 5.74) is 24.7. The van der Waals surface area contributed by atoms with Gasteiger partial charge in [0.25, 0.3) is 0 Å². The van der Waals surface area contributed by atoms with Crippen LogP contribution in [0.2, 0.25) is 0 Å². The molecule has 6 heterocycles. The number of aromatic hydroxyl groups is 1. The van der Waals surface area contributed by atoms with Crippen molar-refractivity contribution >= 4 is 52.2 Å². The molecule has 18 heteroatoms. The number of aromatic nitrogens is 4. The van der Waals surface area contributed by atoms with Crippen LogP contribution in [0, 0.1) is 24.6 Å². The molecule has 3 aliphatic heterocycles. The molecule has 3 saturated heterocycles. The van der Waals surface area contributed by atoms with Crippen LogP contribution in [0.15, 0.2) is 58.6 Å². The number of hydrogen-bond acceptors (Lipinski definition) is 14. The first-order valence-electron chi connectivity index (χ1n) is 22.5. The Hall–Kier alpha value is -5.98. The summed E-state index contributed by atoms with van der Waals surface area (Å²) in [4.78, 5) is 39.8. The molecule has 1 unspecified atom stereocenters. The number of likely N-dealkylation sites (tertiary alicyclic amines) is 2. The van der Waals surface area contributed by atoms with E-state index in [-0.39, 0.29) is 65.5 Å². The highest BCUT2D eigenvalue weighted by molar-refractivity contribution is 7.13. The van der Waals surface area contributed by atoms with Gasteiger partial charge in [0.2, 0.25) is 11.8 Å². The predicted molar refractivity (Wildman–Crippen MR) is 250 cm³/mol. The van der Waals surface area contributed by atoms with E-state index in [1.165, 1.54) is 17.0 Å². The van der Waals surface area contributed by atoms with Gasteiger partial charge >= 0.3 is 0 Å². The van der Waals surface area contributed by atoms with Crippen molar-refractivity contribution in [1.82, 2.24) is 35.0 Å². The molecule has 65 heavy (non-hydrogen) atoms. The Labute approximate surface area is 382 Å². The Morgan fingerprint density at radius 1 is 1.05 bits per heavy atom. The zero-order valence-corrected chi connectivity index (χ0v) is 38.2. The summed E-state index contributed by atoms with van der Waals surface area (Å²) in [7, 11) is 0. The standard InChI is InChI=1S/C47H60FN11O5S/c1-26(2)41(47(63)58-24-33(60)20-38(58)46(62)53-27(3)30-8-10-31(11-9-30)44-28(4)52-25-65-44)39-22-40(55-64-39)57-18-12-29(13-19-57)23-56-16-14-32(15-17-56)59-37(42(50)45(51)54-59)21-36(49)34-6-5-7-35(48)43(34)61/h5-11,21-22,25-27,29,32-33,38,41,60-61H,12-20,23-24,49-50H2,1-4H3,(H2,51,54)(H,53,62)/b36-21-/t27-,33+,38-,41?/m0/s1. The number of thiazole rings is 1. The average molecular weight is 910 g/mol. The molecule has 3 aliphatic rings. The number of amides is 2. The van der Waals surface area contributed by atoms with Gasteiger partial charge in [-0.1, -0.05) is 49.3 Å². The lowest BCUT2D eigenvalue weighted by atomic mass is 9.91. The van der Waals surface area contributed by atoms with E-state index >= 15 is 0 Å². The maximum absolute atomic E-state index is 14.3. The molecule has 2 amide bonds. The minimum absolute atomic E-state index is 0.0338. The first kappa shape index (κ1) is 45.6. The van der Waals surface area contributed by atoms with Crippen molar-refractivity contribution in [2.45, 2.75) is 89.9 Å². The molecule has 5 aromatic rings. The number of benzene rings is 2. The van der Waals surface area contributed by atoms with Crippen molar-refractivity contribution < 1.29 is 28.7 Å². The van der Waals surface area contributed by atoms with Gasteiger partial charge in [-0.15, -0.1) is 11.3 Å². The lowest BCUT2D eigenvalue weighted by Crippen LogP contribution is -2.48. The SMILES string of the molecule is Cc1ncsc1-c1ccc([C@H](C)NC(=O)[C@@H]2C[C@@H](O)CN2C(=O)C(c2cc(N3CCC(CN4CCC(n5nc(N)c(N)c5/C=C(\N)c5cccc(F)c5O)CC4)CC3)no2)C(C)C)cc1. The number of nitrogen functional groups attached to an aromatic ring is 2. The van der Waals surface area contributed by atoms with Crippen LogP contribution in [0.5, 0.6) is 5.75 Å². The summed E-state index contributed by atoms with van der Waals surface area (Å²) in [6.07, 6.45) is 4.52. The Morgan fingerprint density at radius 2 is 1.77 bits per heavy atom. The monoisotopic (exact) mass is 909 g/mol. The van der Waals surface area contributed by atoms with E-state index in [4.69, 9.17) is 21.7 Å². The average Bonchev–Trinajstić information content (AvgIpc) is 4.10. The third kappa shape index (κ3) is 9.70. The number of phenols is 1. The number of aliphatic hydroxyl groups is 1. The molecule has 0 radical (unpaired) electrons. The summed E-state index contributed by atoms with van der Waals surface area (Å²) in [5.74, 6) is -0.875. The molecule has 2 aromatic carbocycles. The van der Waals surface area contributed by atoms with Crippen LogP contribution in [0.1, 0.15) is 99.2 Å². The number of nitrogens with zero attached hydrogens (tertiary/aromatic N) is 7. The van der Waals surface area contributed by atoms with Crippen LogP contribution in [0.25, 0.3) is 22.2 Å². The molecule has 0 saturated carbocycles. The highest BCUT2D eigenvalue weighted by Gasteiger charge is 2.44. The van der Waals surface area contributed by atoms with Gasteiger partial charge in [0.05, 0.1) is 40.0 Å². The Morgan fingerprint density at radius 3 is 2.45 bits per heavy atom. The lowest BCUT2D eigenvalue weighted by molar-refractivity contribution is -0.141. The van der Waals surface area contributed by atoms with Crippen molar-refractivity contribution in [2.24, 2.45) is 17.6 Å². The van der Waals surface area contributed by atoms with Crippen LogP contribution < -0.4 is 27.4 Å². The Balaban J connectivity index is 0.839. The second kappa shape index (κ2) is 19.2. The Bertz CT molecular complexity index is 2500. The number of nitrogens with one attached hydrogen (secondary N) is 1. The van der Waals surface area contributed by atoms with E-state index < -0.39 is 29.6 Å². The second-order valence-electron chi connectivity index (χ2n) is 18.2. The van der Waals surface area contributed by atoms with Gasteiger partial charge in [0.15, 0.2) is 29.0 Å². The number of phenolic OH excluding ortho intramolecular Hbond substituents is 1. The van der Waals surface area contributed by atoms with Crippen molar-refractivity contribution in [3.05, 3.63) is 88.1 Å². The molecule has 0 spiro atoms. The molecular formula is C47H60FN11O5S. The van der Waals surface area contributed by atoms with Crippen LogP contribution in [0.3, 0.4) is 0 Å². The van der Waals surface area contributed by atoms with E-state index in [2.05, 4.69) is 30.4 Å². The summed E-state index contributed by atoms with van der Waals surface area (Å²) in [5, 5.41) is 33.0. The fourth-order valence-corrected chi connectivity index (χ4v) is 10.4. The highest BCUT2D eigenvalue weighted by atomic mass is 32.1. The van der Waals surface area contributed by atoms with Crippen LogP contribution in [-0.2, 0) is 9.59 Å². The normalized spacial score (nSPS) is 20.1. The van der Waals surface area contributed by atoms with E-state index in [1.54, 1.807) is 17.4 Å². The number of halogens is 1. The third-order valence-corrected chi connectivity index (χ3v) is 14.3. The summed E-state index contributed by atoms with van der Waals surface area (Å²) in [6.45, 7) is 12.1. The van der Waals surface area contributed by atoms with Crippen molar-refractivity contribution in [3.8, 4) is 16.2 Å². The number of para-hydroxylation sites is 1. The molecule has 0 bridgehead atoms. The first-order valence-corrected chi connectivity index (χ1v) is 23.4. The summed E-state index contributed by atoms with van der Waals surface area (Å²) >= 11 is 1.59. The van der Waals surface area contributed by atoms with E-state index in [1.807, 2.05) is 68.2 Å². The van der Waals surface area contributed by atoms with E-state index in [9.17, 15) is 24.2 Å². The van der Waals surface area contributed by atoms with Gasteiger partial charge in [0.1, 0.15) is 17.6 Å². The molecule has 8 rings (SSSR count). The minimum atomic E-state index is -0.820. The molecule has 16 nitrogen and oxygen atoms in total. The van der Waals surface area contributed by atoms with Crippen molar-refractivity contribution in [3.63, 3.8) is 0 Å². The quantitative estimate of drug-likeness (QED) is 0.0809. The number of nitrogens with two attached hydrogens (primary N) is 3. The van der Waals surface area contributed by atoms with Gasteiger partial charge in [-0.3, -0.25) is 14.3 Å². The van der Waals surface area contributed by atoms with Crippen LogP contribution in [0.4, 0.5) is 21.7 Å². The molecular weight excluding hydrogens is 850 g/mol. The van der Waals surface area contributed by atoms with Gasteiger partial charge in [0, 0.05) is 63.0 Å². The van der Waals surface area contributed by atoms with Gasteiger partial charge in [-0.25, -0.2) is 9.37 Å². The van der Waals surface area contributed by atoms with E-state index in [0.29, 0.717) is 23.2 Å². The van der Waals surface area contributed by atoms with Gasteiger partial charge in [-0.05, 0) is 80.7 Å².